The van der Waals surface area contributed by atoms with Gasteiger partial charge in [0.25, 0.3) is 0 Å². The Hall–Kier alpha value is -2.49. The molecule has 3 nitrogen and oxygen atoms in total. The van der Waals surface area contributed by atoms with Crippen LogP contribution >= 0.6 is 23.2 Å². The number of imidazole rings is 1. The molecule has 0 amide bonds. The van der Waals surface area contributed by atoms with Crippen molar-refractivity contribution in [1.29, 1.82) is 0 Å². The molecule has 142 valence electrons. The first-order valence-electron chi connectivity index (χ1n) is 9.14. The van der Waals surface area contributed by atoms with E-state index in [1.54, 1.807) is 6.07 Å². The summed E-state index contributed by atoms with van der Waals surface area (Å²) < 4.78 is 8.28. The van der Waals surface area contributed by atoms with Gasteiger partial charge in [-0.25, -0.2) is 4.98 Å². The molecule has 0 N–H and O–H groups in total. The van der Waals surface area contributed by atoms with Gasteiger partial charge in [-0.3, -0.25) is 0 Å². The first-order chi connectivity index (χ1) is 13.5. The summed E-state index contributed by atoms with van der Waals surface area (Å²) in [6.45, 7) is 5.31. The average molecular weight is 411 g/mol. The van der Waals surface area contributed by atoms with E-state index in [2.05, 4.69) is 36.6 Å². The van der Waals surface area contributed by atoms with Gasteiger partial charge in [0.15, 0.2) is 0 Å². The standard InChI is InChI=1S/C23H20Cl2N2O/c1-15-6-5-7-16(2)22(15)28-13-12-27-21-9-4-3-8-20(21)26-23(27)18-11-10-17(24)14-19(18)25/h3-11,14H,12-13H2,1-2H3. The second kappa shape index (κ2) is 7.86. The minimum atomic E-state index is 0.532. The summed E-state index contributed by atoms with van der Waals surface area (Å²) >= 11 is 12.5. The van der Waals surface area contributed by atoms with Gasteiger partial charge in [-0.05, 0) is 55.3 Å². The summed E-state index contributed by atoms with van der Waals surface area (Å²) in [5.74, 6) is 1.76. The Morgan fingerprint density at radius 1 is 0.929 bits per heavy atom. The van der Waals surface area contributed by atoms with Crippen LogP contribution in [0.2, 0.25) is 10.0 Å². The lowest BCUT2D eigenvalue weighted by Crippen LogP contribution is -2.10. The van der Waals surface area contributed by atoms with Gasteiger partial charge in [-0.15, -0.1) is 0 Å². The number of nitrogens with zero attached hydrogens (tertiary/aromatic N) is 2. The molecule has 3 aromatic carbocycles. The molecule has 28 heavy (non-hydrogen) atoms. The molecule has 0 bridgehead atoms. The molecule has 1 heterocycles. The van der Waals surface area contributed by atoms with Crippen LogP contribution in [-0.2, 0) is 6.54 Å². The predicted molar refractivity (Wildman–Crippen MR) is 117 cm³/mol. The normalized spacial score (nSPS) is 11.1. The highest BCUT2D eigenvalue weighted by molar-refractivity contribution is 6.36. The monoisotopic (exact) mass is 410 g/mol. The van der Waals surface area contributed by atoms with Crippen LogP contribution in [0, 0.1) is 13.8 Å². The lowest BCUT2D eigenvalue weighted by Gasteiger charge is -2.14. The van der Waals surface area contributed by atoms with E-state index in [1.807, 2.05) is 36.4 Å². The smallest absolute Gasteiger partial charge is 0.142 e. The Morgan fingerprint density at radius 3 is 2.43 bits per heavy atom. The summed E-state index contributed by atoms with van der Waals surface area (Å²) in [7, 11) is 0. The Bertz CT molecular complexity index is 1130. The van der Waals surface area contributed by atoms with Gasteiger partial charge < -0.3 is 9.30 Å². The fraction of sp³-hybridized carbons (Fsp3) is 0.174. The van der Waals surface area contributed by atoms with E-state index in [9.17, 15) is 0 Å². The van der Waals surface area contributed by atoms with Crippen LogP contribution < -0.4 is 4.74 Å². The van der Waals surface area contributed by atoms with Crippen molar-refractivity contribution < 1.29 is 4.74 Å². The van der Waals surface area contributed by atoms with Gasteiger partial charge in [0.2, 0.25) is 0 Å². The van der Waals surface area contributed by atoms with Crippen molar-refractivity contribution in [3.8, 4) is 17.1 Å². The van der Waals surface area contributed by atoms with Gasteiger partial charge in [0, 0.05) is 10.6 Å². The van der Waals surface area contributed by atoms with Gasteiger partial charge in [-0.2, -0.15) is 0 Å². The number of hydrogen-bond donors (Lipinski definition) is 0. The lowest BCUT2D eigenvalue weighted by molar-refractivity contribution is 0.297. The number of aromatic nitrogens is 2. The lowest BCUT2D eigenvalue weighted by atomic mass is 10.1. The number of para-hydroxylation sites is 3. The second-order valence-corrected chi connectivity index (χ2v) is 7.61. The SMILES string of the molecule is Cc1cccc(C)c1OCCn1c(-c2ccc(Cl)cc2Cl)nc2ccccc21. The van der Waals surface area contributed by atoms with Crippen molar-refractivity contribution in [2.24, 2.45) is 0 Å². The Balaban J connectivity index is 1.69. The van der Waals surface area contributed by atoms with E-state index in [1.165, 1.54) is 0 Å². The van der Waals surface area contributed by atoms with E-state index < -0.39 is 0 Å². The largest absolute Gasteiger partial charge is 0.491 e. The van der Waals surface area contributed by atoms with Gasteiger partial charge in [0.05, 0.1) is 22.6 Å². The minimum absolute atomic E-state index is 0.532. The Kier molecular flexibility index (Phi) is 5.29. The molecule has 5 heteroatoms. The molecule has 0 atom stereocenters. The van der Waals surface area contributed by atoms with Crippen LogP contribution in [0.3, 0.4) is 0 Å². The maximum Gasteiger partial charge on any atom is 0.142 e. The van der Waals surface area contributed by atoms with Crippen LogP contribution in [0.1, 0.15) is 11.1 Å². The maximum absolute atomic E-state index is 6.47. The zero-order valence-corrected chi connectivity index (χ0v) is 17.3. The van der Waals surface area contributed by atoms with Gasteiger partial charge >= 0.3 is 0 Å². The van der Waals surface area contributed by atoms with Crippen LogP contribution in [0.25, 0.3) is 22.4 Å². The summed E-state index contributed by atoms with van der Waals surface area (Å²) in [6, 6.07) is 19.7. The van der Waals surface area contributed by atoms with Crippen molar-refractivity contribution in [3.05, 3.63) is 81.8 Å². The van der Waals surface area contributed by atoms with Crippen molar-refractivity contribution in [3.63, 3.8) is 0 Å². The van der Waals surface area contributed by atoms with Gasteiger partial charge in [0.1, 0.15) is 18.2 Å². The second-order valence-electron chi connectivity index (χ2n) is 6.77. The molecule has 0 radical (unpaired) electrons. The van der Waals surface area contributed by atoms with Crippen LogP contribution in [0.5, 0.6) is 5.75 Å². The molecule has 4 aromatic rings. The number of rotatable bonds is 5. The molecule has 0 saturated carbocycles. The van der Waals surface area contributed by atoms with E-state index in [0.29, 0.717) is 23.2 Å². The third-order valence-corrected chi connectivity index (χ3v) is 5.34. The summed E-state index contributed by atoms with van der Waals surface area (Å²) in [4.78, 5) is 4.81. The Morgan fingerprint density at radius 2 is 1.68 bits per heavy atom. The molecule has 0 fully saturated rings. The van der Waals surface area contributed by atoms with Crippen molar-refractivity contribution in [1.82, 2.24) is 9.55 Å². The molecule has 0 unspecified atom stereocenters. The number of ether oxygens (including phenoxy) is 1. The van der Waals surface area contributed by atoms with E-state index in [4.69, 9.17) is 32.9 Å². The van der Waals surface area contributed by atoms with E-state index in [-0.39, 0.29) is 0 Å². The zero-order chi connectivity index (χ0) is 19.7. The molecule has 0 spiro atoms. The first-order valence-corrected chi connectivity index (χ1v) is 9.90. The number of hydrogen-bond acceptors (Lipinski definition) is 2. The fourth-order valence-corrected chi connectivity index (χ4v) is 3.94. The molecule has 1 aromatic heterocycles. The molecule has 0 saturated heterocycles. The average Bonchev–Trinajstić information content (AvgIpc) is 3.02. The predicted octanol–water partition coefficient (Wildman–Crippen LogP) is 6.71. The van der Waals surface area contributed by atoms with Crippen molar-refractivity contribution in [2.75, 3.05) is 6.61 Å². The Labute approximate surface area is 174 Å². The third kappa shape index (κ3) is 3.60. The van der Waals surface area contributed by atoms with Crippen LogP contribution in [-0.4, -0.2) is 16.2 Å². The minimum Gasteiger partial charge on any atom is -0.491 e. The molecular formula is C23H20Cl2N2O. The number of halogens is 2. The highest BCUT2D eigenvalue weighted by Gasteiger charge is 2.15. The first kappa shape index (κ1) is 18.9. The molecule has 0 aliphatic heterocycles. The summed E-state index contributed by atoms with van der Waals surface area (Å²) in [5, 5.41) is 1.19. The molecular weight excluding hydrogens is 391 g/mol. The molecule has 0 aliphatic rings. The van der Waals surface area contributed by atoms with E-state index in [0.717, 1.165) is 39.3 Å². The fourth-order valence-electron chi connectivity index (χ4n) is 3.44. The molecule has 4 rings (SSSR count). The quantitative estimate of drug-likeness (QED) is 0.365. The van der Waals surface area contributed by atoms with Gasteiger partial charge in [-0.1, -0.05) is 53.5 Å². The zero-order valence-electron chi connectivity index (χ0n) is 15.7. The van der Waals surface area contributed by atoms with E-state index >= 15 is 0 Å². The van der Waals surface area contributed by atoms with Crippen LogP contribution in [0.4, 0.5) is 0 Å². The summed E-state index contributed by atoms with van der Waals surface area (Å²) in [6.07, 6.45) is 0. The number of benzene rings is 3. The third-order valence-electron chi connectivity index (χ3n) is 4.80. The summed E-state index contributed by atoms with van der Waals surface area (Å²) in [5.41, 5.74) is 5.10. The van der Waals surface area contributed by atoms with Crippen molar-refractivity contribution >= 4 is 34.2 Å². The van der Waals surface area contributed by atoms with Crippen molar-refractivity contribution in [2.45, 2.75) is 20.4 Å². The topological polar surface area (TPSA) is 27.1 Å². The highest BCUT2D eigenvalue weighted by atomic mass is 35.5. The number of aryl methyl sites for hydroxylation is 2. The number of fused-ring (bicyclic) bond motifs is 1. The molecule has 0 aliphatic carbocycles. The highest BCUT2D eigenvalue weighted by Crippen LogP contribution is 2.32. The van der Waals surface area contributed by atoms with Crippen LogP contribution in [0.15, 0.2) is 60.7 Å². The maximum atomic E-state index is 6.47.